The quantitative estimate of drug-likeness (QED) is 0.628. The molecule has 108 valence electrons. The van der Waals surface area contributed by atoms with E-state index < -0.39 is 0 Å². The van der Waals surface area contributed by atoms with E-state index in [1.165, 1.54) is 0 Å². The molecule has 2 aromatic carbocycles. The predicted molar refractivity (Wildman–Crippen MR) is 92.7 cm³/mol. The van der Waals surface area contributed by atoms with E-state index in [-0.39, 0.29) is 6.04 Å². The molecular weight excluding hydrogens is 350 g/mol. The molecule has 0 saturated carbocycles. The van der Waals surface area contributed by atoms with Crippen LogP contribution in [0.1, 0.15) is 19.9 Å². The van der Waals surface area contributed by atoms with Gasteiger partial charge in [-0.25, -0.2) is 4.98 Å². The Bertz CT molecular complexity index is 824. The smallest absolute Gasteiger partial charge is 0.141 e. The Labute approximate surface area is 136 Å². The zero-order valence-electron chi connectivity index (χ0n) is 11.8. The van der Waals surface area contributed by atoms with Crippen molar-refractivity contribution < 1.29 is 0 Å². The summed E-state index contributed by atoms with van der Waals surface area (Å²) in [4.78, 5) is 4.74. The van der Waals surface area contributed by atoms with Gasteiger partial charge in [-0.05, 0) is 66.2 Å². The first-order valence-corrected chi connectivity index (χ1v) is 7.87. The molecule has 0 fully saturated rings. The van der Waals surface area contributed by atoms with Gasteiger partial charge in [-0.3, -0.25) is 0 Å². The summed E-state index contributed by atoms with van der Waals surface area (Å²) in [5.74, 6) is 0.904. The fraction of sp³-hybridized carbons (Fsp3) is 0.188. The third-order valence-electron chi connectivity index (χ3n) is 3.42. The van der Waals surface area contributed by atoms with Crippen molar-refractivity contribution in [3.8, 4) is 11.4 Å². The topological polar surface area (TPSA) is 43.8 Å². The summed E-state index contributed by atoms with van der Waals surface area (Å²) in [6.45, 7) is 4.28. The number of nitrogens with two attached hydrogens (primary N) is 1. The van der Waals surface area contributed by atoms with Crippen molar-refractivity contribution in [1.82, 2.24) is 9.55 Å². The van der Waals surface area contributed by atoms with Crippen LogP contribution in [0.5, 0.6) is 0 Å². The molecule has 1 heterocycles. The lowest BCUT2D eigenvalue weighted by atomic mass is 10.2. The number of benzene rings is 2. The van der Waals surface area contributed by atoms with Gasteiger partial charge < -0.3 is 10.3 Å². The van der Waals surface area contributed by atoms with Crippen molar-refractivity contribution in [3.05, 3.63) is 45.9 Å². The number of hydrogen-bond donors (Lipinski definition) is 1. The van der Waals surface area contributed by atoms with Crippen molar-refractivity contribution in [2.24, 2.45) is 0 Å². The van der Waals surface area contributed by atoms with Gasteiger partial charge in [0.15, 0.2) is 0 Å². The number of nitrogen functional groups attached to an aromatic ring is 1. The fourth-order valence-corrected chi connectivity index (χ4v) is 2.89. The highest BCUT2D eigenvalue weighted by Crippen LogP contribution is 2.32. The minimum atomic E-state index is 0.288. The SMILES string of the molecule is CC(C)n1c(-c2ccc(Br)c(N)c2)nc2cc(Cl)ccc21. The fourth-order valence-electron chi connectivity index (χ4n) is 2.48. The molecule has 0 radical (unpaired) electrons. The van der Waals surface area contributed by atoms with E-state index in [0.29, 0.717) is 10.7 Å². The van der Waals surface area contributed by atoms with E-state index >= 15 is 0 Å². The van der Waals surface area contributed by atoms with Crippen LogP contribution in [0.15, 0.2) is 40.9 Å². The highest BCUT2D eigenvalue weighted by Gasteiger charge is 2.15. The number of anilines is 1. The van der Waals surface area contributed by atoms with Crippen LogP contribution in [-0.4, -0.2) is 9.55 Å². The molecule has 21 heavy (non-hydrogen) atoms. The molecule has 1 aromatic heterocycles. The maximum Gasteiger partial charge on any atom is 0.141 e. The molecule has 5 heteroatoms. The van der Waals surface area contributed by atoms with Crippen LogP contribution in [0.4, 0.5) is 5.69 Å². The third kappa shape index (κ3) is 2.54. The van der Waals surface area contributed by atoms with Crippen molar-refractivity contribution in [1.29, 1.82) is 0 Å². The zero-order chi connectivity index (χ0) is 15.1. The molecule has 0 atom stereocenters. The number of imidazole rings is 1. The maximum absolute atomic E-state index is 6.08. The monoisotopic (exact) mass is 363 g/mol. The summed E-state index contributed by atoms with van der Waals surface area (Å²) in [6.07, 6.45) is 0. The van der Waals surface area contributed by atoms with Gasteiger partial charge in [0.05, 0.1) is 11.0 Å². The number of nitrogens with zero attached hydrogens (tertiary/aromatic N) is 2. The first-order chi connectivity index (χ1) is 9.97. The molecule has 3 aromatic rings. The van der Waals surface area contributed by atoms with E-state index in [9.17, 15) is 0 Å². The Morgan fingerprint density at radius 3 is 2.62 bits per heavy atom. The second kappa shape index (κ2) is 5.35. The number of halogens is 2. The number of fused-ring (bicyclic) bond motifs is 1. The van der Waals surface area contributed by atoms with E-state index in [4.69, 9.17) is 22.3 Å². The van der Waals surface area contributed by atoms with Crippen LogP contribution < -0.4 is 5.73 Å². The summed E-state index contributed by atoms with van der Waals surface area (Å²) in [6, 6.07) is 12.0. The molecule has 0 unspecified atom stereocenters. The molecule has 0 amide bonds. The standard InChI is InChI=1S/C16H15BrClN3/c1-9(2)21-15-6-4-11(18)8-14(15)20-16(21)10-3-5-12(17)13(19)7-10/h3-9H,19H2,1-2H3. The van der Waals surface area contributed by atoms with Crippen molar-refractivity contribution >= 4 is 44.3 Å². The van der Waals surface area contributed by atoms with Crippen molar-refractivity contribution in [3.63, 3.8) is 0 Å². The lowest BCUT2D eigenvalue weighted by molar-refractivity contribution is 0.624. The van der Waals surface area contributed by atoms with Crippen LogP contribution in [0.2, 0.25) is 5.02 Å². The molecule has 0 bridgehead atoms. The van der Waals surface area contributed by atoms with Crippen LogP contribution in [0, 0.1) is 0 Å². The normalized spacial score (nSPS) is 11.5. The summed E-state index contributed by atoms with van der Waals surface area (Å²) in [5, 5.41) is 0.692. The predicted octanol–water partition coefficient (Wildman–Crippen LogP) is 5.28. The highest BCUT2D eigenvalue weighted by molar-refractivity contribution is 9.10. The van der Waals surface area contributed by atoms with Gasteiger partial charge in [0.25, 0.3) is 0 Å². The van der Waals surface area contributed by atoms with Crippen LogP contribution >= 0.6 is 27.5 Å². The number of aromatic nitrogens is 2. The van der Waals surface area contributed by atoms with Gasteiger partial charge in [-0.15, -0.1) is 0 Å². The second-order valence-corrected chi connectivity index (χ2v) is 6.56. The average Bonchev–Trinajstić information content (AvgIpc) is 2.80. The first-order valence-electron chi connectivity index (χ1n) is 6.70. The Morgan fingerprint density at radius 1 is 1.19 bits per heavy atom. The Morgan fingerprint density at radius 2 is 1.95 bits per heavy atom. The average molecular weight is 365 g/mol. The lowest BCUT2D eigenvalue weighted by Gasteiger charge is -2.13. The van der Waals surface area contributed by atoms with Crippen molar-refractivity contribution in [2.75, 3.05) is 5.73 Å². The molecule has 0 aliphatic rings. The Hall–Kier alpha value is -1.52. The summed E-state index contributed by atoms with van der Waals surface area (Å²) >= 11 is 9.50. The number of rotatable bonds is 2. The van der Waals surface area contributed by atoms with Crippen molar-refractivity contribution in [2.45, 2.75) is 19.9 Å². The van der Waals surface area contributed by atoms with Gasteiger partial charge in [0.2, 0.25) is 0 Å². The minimum Gasteiger partial charge on any atom is -0.398 e. The minimum absolute atomic E-state index is 0.288. The summed E-state index contributed by atoms with van der Waals surface area (Å²) in [5.41, 5.74) is 9.67. The summed E-state index contributed by atoms with van der Waals surface area (Å²) in [7, 11) is 0. The molecule has 0 saturated heterocycles. The number of hydrogen-bond acceptors (Lipinski definition) is 2. The molecule has 0 spiro atoms. The second-order valence-electron chi connectivity index (χ2n) is 5.27. The van der Waals surface area contributed by atoms with Gasteiger partial charge in [0, 0.05) is 26.8 Å². The summed E-state index contributed by atoms with van der Waals surface area (Å²) < 4.78 is 3.09. The molecule has 3 rings (SSSR count). The van der Waals surface area contributed by atoms with Gasteiger partial charge in [-0.1, -0.05) is 11.6 Å². The highest BCUT2D eigenvalue weighted by atomic mass is 79.9. The molecule has 3 nitrogen and oxygen atoms in total. The van der Waals surface area contributed by atoms with Gasteiger partial charge in [0.1, 0.15) is 5.82 Å². The Balaban J connectivity index is 2.30. The third-order valence-corrected chi connectivity index (χ3v) is 4.38. The van der Waals surface area contributed by atoms with Gasteiger partial charge >= 0.3 is 0 Å². The zero-order valence-corrected chi connectivity index (χ0v) is 14.1. The molecular formula is C16H15BrClN3. The van der Waals surface area contributed by atoms with E-state index in [2.05, 4.69) is 34.3 Å². The molecule has 2 N–H and O–H groups in total. The van der Waals surface area contributed by atoms with Crippen LogP contribution in [-0.2, 0) is 0 Å². The van der Waals surface area contributed by atoms with Gasteiger partial charge in [-0.2, -0.15) is 0 Å². The van der Waals surface area contributed by atoms with Crippen LogP contribution in [0.3, 0.4) is 0 Å². The largest absolute Gasteiger partial charge is 0.398 e. The molecule has 0 aliphatic heterocycles. The Kier molecular flexibility index (Phi) is 3.68. The lowest BCUT2D eigenvalue weighted by Crippen LogP contribution is -2.03. The van der Waals surface area contributed by atoms with E-state index in [1.807, 2.05) is 36.4 Å². The first kappa shape index (κ1) is 14.4. The molecule has 0 aliphatic carbocycles. The maximum atomic E-state index is 6.08. The van der Waals surface area contributed by atoms with Crippen LogP contribution in [0.25, 0.3) is 22.4 Å². The van der Waals surface area contributed by atoms with E-state index in [0.717, 1.165) is 26.9 Å². The van der Waals surface area contributed by atoms with E-state index in [1.54, 1.807) is 0 Å².